The molecule has 0 radical (unpaired) electrons. The monoisotopic (exact) mass is 467 g/mol. The lowest BCUT2D eigenvalue weighted by Gasteiger charge is -2.20. The van der Waals surface area contributed by atoms with Gasteiger partial charge in [-0.1, -0.05) is 0 Å². The van der Waals surface area contributed by atoms with Gasteiger partial charge in [0.25, 0.3) is 11.8 Å². The third-order valence-corrected chi connectivity index (χ3v) is 3.41. The third-order valence-electron chi connectivity index (χ3n) is 3.41. The predicted octanol–water partition coefficient (Wildman–Crippen LogP) is 0.353. The molecule has 176 valence electrons. The van der Waals surface area contributed by atoms with Crippen LogP contribution < -0.4 is 11.0 Å². The van der Waals surface area contributed by atoms with Crippen LogP contribution in [0.25, 0.3) is 0 Å². The first-order valence-corrected chi connectivity index (χ1v) is 8.35. The van der Waals surface area contributed by atoms with E-state index in [2.05, 4.69) is 14.5 Å². The van der Waals surface area contributed by atoms with E-state index >= 15 is 0 Å². The Hall–Kier alpha value is -2.95. The summed E-state index contributed by atoms with van der Waals surface area (Å²) in [4.78, 5) is 68.1. The number of hydrogen-bond donors (Lipinski definition) is 2. The van der Waals surface area contributed by atoms with Crippen LogP contribution in [0.2, 0.25) is 0 Å². The summed E-state index contributed by atoms with van der Waals surface area (Å²) >= 11 is 0. The Morgan fingerprint density at radius 2 is 1.42 bits per heavy atom. The number of nitrogens with zero attached hydrogens (tertiary/aromatic N) is 1. The van der Waals surface area contributed by atoms with Crippen LogP contribution in [0.15, 0.2) is 0 Å². The molecule has 1 rings (SSSR count). The number of unbranched alkanes of at least 4 members (excludes halogenated alkanes) is 1. The number of imide groups is 1. The molecule has 0 aromatic heterocycles. The zero-order valence-corrected chi connectivity index (χ0v) is 15.3. The van der Waals surface area contributed by atoms with E-state index in [1.807, 2.05) is 0 Å². The topological polar surface area (TPSA) is 140 Å². The van der Waals surface area contributed by atoms with Crippen molar-refractivity contribution in [3.63, 3.8) is 0 Å². The molecule has 31 heavy (non-hydrogen) atoms. The van der Waals surface area contributed by atoms with E-state index in [1.54, 1.807) is 5.48 Å². The number of nitrogens with one attached hydrogen (secondary N) is 2. The van der Waals surface area contributed by atoms with Crippen LogP contribution in [0.1, 0.15) is 32.1 Å². The first kappa shape index (κ1) is 26.1. The maximum absolute atomic E-state index is 12.2. The van der Waals surface area contributed by atoms with Crippen LogP contribution in [0.5, 0.6) is 0 Å². The highest BCUT2D eigenvalue weighted by Gasteiger charge is 2.43. The SMILES string of the molecule is O=C(ON1C(=O)CCC1=O)C(CCCCNOC(=O)C(F)(F)F)NOC(=O)C(F)(F)F. The van der Waals surface area contributed by atoms with Crippen LogP contribution >= 0.6 is 0 Å². The average molecular weight is 467 g/mol. The highest BCUT2D eigenvalue weighted by atomic mass is 19.4. The molecule has 2 amide bonds. The summed E-state index contributed by atoms with van der Waals surface area (Å²) in [6.45, 7) is -0.338. The fourth-order valence-electron chi connectivity index (χ4n) is 1.94. The number of hydroxylamine groups is 4. The molecular formula is C14H15F6N3O8. The molecule has 1 heterocycles. The number of halogens is 6. The van der Waals surface area contributed by atoms with Gasteiger partial charge in [-0.05, 0) is 19.3 Å². The smallest absolute Gasteiger partial charge is 0.364 e. The van der Waals surface area contributed by atoms with Crippen LogP contribution in [0.4, 0.5) is 26.3 Å². The first-order valence-electron chi connectivity index (χ1n) is 8.35. The van der Waals surface area contributed by atoms with Crippen molar-refractivity contribution in [2.75, 3.05) is 6.54 Å². The van der Waals surface area contributed by atoms with Crippen molar-refractivity contribution in [3.8, 4) is 0 Å². The summed E-state index contributed by atoms with van der Waals surface area (Å²) in [5.41, 5.74) is 3.21. The Bertz CT molecular complexity index is 695. The van der Waals surface area contributed by atoms with Gasteiger partial charge in [-0.15, -0.1) is 10.5 Å². The highest BCUT2D eigenvalue weighted by molar-refractivity contribution is 6.01. The molecule has 11 nitrogen and oxygen atoms in total. The summed E-state index contributed by atoms with van der Waals surface area (Å²) in [6.07, 6.45) is -11.7. The zero-order valence-electron chi connectivity index (χ0n) is 15.3. The van der Waals surface area contributed by atoms with Crippen LogP contribution in [-0.4, -0.2) is 59.7 Å². The molecule has 0 saturated carbocycles. The lowest BCUT2D eigenvalue weighted by molar-refractivity contribution is -0.214. The molecule has 1 aliphatic rings. The van der Waals surface area contributed by atoms with Gasteiger partial charge in [-0.25, -0.2) is 14.4 Å². The maximum Gasteiger partial charge on any atom is 0.492 e. The zero-order chi connectivity index (χ0) is 23.8. The van der Waals surface area contributed by atoms with Crippen LogP contribution in [0, 0.1) is 0 Å². The van der Waals surface area contributed by atoms with Gasteiger partial charge in [0.1, 0.15) is 6.04 Å². The van der Waals surface area contributed by atoms with Gasteiger partial charge in [0.15, 0.2) is 0 Å². The first-order chi connectivity index (χ1) is 14.2. The molecule has 0 aromatic carbocycles. The summed E-state index contributed by atoms with van der Waals surface area (Å²) < 4.78 is 72.4. The molecule has 1 atom stereocenters. The molecule has 1 unspecified atom stereocenters. The quantitative estimate of drug-likeness (QED) is 0.200. The van der Waals surface area contributed by atoms with Gasteiger partial charge >= 0.3 is 30.3 Å². The fraction of sp³-hybridized carbons (Fsp3) is 0.643. The van der Waals surface area contributed by atoms with Gasteiger partial charge < -0.3 is 14.5 Å². The van der Waals surface area contributed by atoms with Gasteiger partial charge in [0.2, 0.25) is 0 Å². The number of alkyl halides is 6. The van der Waals surface area contributed by atoms with Crippen LogP contribution in [-0.2, 0) is 38.5 Å². The van der Waals surface area contributed by atoms with Crippen molar-refractivity contribution in [1.82, 2.24) is 16.0 Å². The molecule has 1 saturated heterocycles. The number of amides is 2. The Labute approximate surface area is 168 Å². The maximum atomic E-state index is 12.2. The van der Waals surface area contributed by atoms with E-state index in [1.165, 1.54) is 5.48 Å². The molecular weight excluding hydrogens is 452 g/mol. The van der Waals surface area contributed by atoms with E-state index in [0.717, 1.165) is 0 Å². The summed E-state index contributed by atoms with van der Waals surface area (Å²) in [5, 5.41) is 0.112. The van der Waals surface area contributed by atoms with Gasteiger partial charge in [-0.3, -0.25) is 9.59 Å². The Kier molecular flexibility index (Phi) is 9.17. The van der Waals surface area contributed by atoms with Gasteiger partial charge in [0, 0.05) is 19.4 Å². The van der Waals surface area contributed by atoms with Crippen LogP contribution in [0.3, 0.4) is 0 Å². The lowest BCUT2D eigenvalue weighted by Crippen LogP contribution is -2.45. The molecule has 1 fully saturated rings. The largest absolute Gasteiger partial charge is 0.492 e. The van der Waals surface area contributed by atoms with Crippen molar-refractivity contribution in [2.45, 2.75) is 50.5 Å². The number of hydrogen-bond acceptors (Lipinski definition) is 10. The second kappa shape index (κ2) is 10.9. The molecule has 2 N–H and O–H groups in total. The number of carbonyl (C=O) groups excluding carboxylic acids is 5. The molecule has 0 aliphatic carbocycles. The molecule has 0 aromatic rings. The normalized spacial score (nSPS) is 15.6. The van der Waals surface area contributed by atoms with Gasteiger partial charge in [-0.2, -0.15) is 31.8 Å². The minimum absolute atomic E-state index is 0.0641. The molecule has 1 aliphatic heterocycles. The van der Waals surface area contributed by atoms with E-state index in [-0.39, 0.29) is 37.3 Å². The number of carbonyl (C=O) groups is 5. The molecule has 0 bridgehead atoms. The van der Waals surface area contributed by atoms with Crippen molar-refractivity contribution in [3.05, 3.63) is 0 Å². The second-order valence-electron chi connectivity index (χ2n) is 5.83. The average Bonchev–Trinajstić information content (AvgIpc) is 2.96. The standard InChI is InChI=1S/C14H15F6N3O8/c15-13(16,17)11(27)29-21-6-2-1-3-7(22-30-12(28)14(18,19)20)10(26)31-23-8(24)4-5-9(23)25/h7,21-22H,1-6H2. The third kappa shape index (κ3) is 8.75. The van der Waals surface area contributed by atoms with Crippen molar-refractivity contribution in [1.29, 1.82) is 0 Å². The predicted molar refractivity (Wildman–Crippen MR) is 80.3 cm³/mol. The van der Waals surface area contributed by atoms with Gasteiger partial charge in [0.05, 0.1) is 0 Å². The van der Waals surface area contributed by atoms with E-state index in [4.69, 9.17) is 0 Å². The number of rotatable bonds is 10. The van der Waals surface area contributed by atoms with E-state index in [9.17, 15) is 50.3 Å². The lowest BCUT2D eigenvalue weighted by atomic mass is 10.1. The summed E-state index contributed by atoms with van der Waals surface area (Å²) in [7, 11) is 0. The Morgan fingerprint density at radius 3 is 1.94 bits per heavy atom. The van der Waals surface area contributed by atoms with E-state index in [0.29, 0.717) is 0 Å². The minimum Gasteiger partial charge on any atom is -0.364 e. The van der Waals surface area contributed by atoms with Crippen molar-refractivity contribution < 1.29 is 64.8 Å². The van der Waals surface area contributed by atoms with Crippen molar-refractivity contribution in [2.24, 2.45) is 0 Å². The molecule has 0 spiro atoms. The van der Waals surface area contributed by atoms with Crippen molar-refractivity contribution >= 4 is 29.7 Å². The summed E-state index contributed by atoms with van der Waals surface area (Å²) in [6, 6.07) is -1.77. The van der Waals surface area contributed by atoms with E-state index < -0.39 is 54.5 Å². The highest BCUT2D eigenvalue weighted by Crippen LogP contribution is 2.18. The Morgan fingerprint density at radius 1 is 0.903 bits per heavy atom. The summed E-state index contributed by atoms with van der Waals surface area (Å²) in [5.74, 6) is -8.39. The fourth-order valence-corrected chi connectivity index (χ4v) is 1.94. The minimum atomic E-state index is -5.39. The Balaban J connectivity index is 2.56. The second-order valence-corrected chi connectivity index (χ2v) is 5.83. The molecule has 17 heteroatoms.